The van der Waals surface area contributed by atoms with Crippen LogP contribution in [0, 0.1) is 0 Å². The van der Waals surface area contributed by atoms with Gasteiger partial charge in [0.25, 0.3) is 0 Å². The van der Waals surface area contributed by atoms with Crippen LogP contribution in [0.15, 0.2) is 103 Å². The van der Waals surface area contributed by atoms with Crippen LogP contribution < -0.4 is 0 Å². The molecule has 222 valence electrons. The quantitative estimate of drug-likeness (QED) is 0.0989. The van der Waals surface area contributed by atoms with Crippen LogP contribution in [-0.2, 0) is 34.0 Å². The van der Waals surface area contributed by atoms with Crippen molar-refractivity contribution in [2.24, 2.45) is 0 Å². The van der Waals surface area contributed by atoms with Gasteiger partial charge in [-0.1, -0.05) is 155 Å². The van der Waals surface area contributed by atoms with Gasteiger partial charge in [-0.05, 0) is 29.5 Å². The lowest BCUT2D eigenvalue weighted by atomic mass is 10.0. The molecule has 41 heavy (non-hydrogen) atoms. The molecule has 0 spiro atoms. The Labute approximate surface area is 248 Å². The molecule has 3 rings (SSSR count). The first-order chi connectivity index (χ1) is 20.3. The average Bonchev–Trinajstić information content (AvgIpc) is 3.02. The summed E-state index contributed by atoms with van der Waals surface area (Å²) < 4.78 is 18.7. The number of allylic oxidation sites excluding steroid dienone is 1. The van der Waals surface area contributed by atoms with Gasteiger partial charge in [-0.3, -0.25) is 0 Å². The maximum absolute atomic E-state index is 11.3. The Morgan fingerprint density at radius 2 is 1.10 bits per heavy atom. The summed E-state index contributed by atoms with van der Waals surface area (Å²) in [5.74, 6) is 0. The molecule has 3 aromatic carbocycles. The van der Waals surface area contributed by atoms with Crippen LogP contribution in [0.1, 0.15) is 81.4 Å². The number of ether oxygens (including phenoxy) is 3. The third-order valence-electron chi connectivity index (χ3n) is 7.22. The largest absolute Gasteiger partial charge is 0.388 e. The molecule has 0 saturated heterocycles. The van der Waals surface area contributed by atoms with Gasteiger partial charge in [-0.25, -0.2) is 0 Å². The van der Waals surface area contributed by atoms with Crippen LogP contribution >= 0.6 is 0 Å². The number of aliphatic hydroxyl groups is 1. The first kappa shape index (κ1) is 32.8. The molecule has 0 heterocycles. The summed E-state index contributed by atoms with van der Waals surface area (Å²) in [5.41, 5.74) is 3.22. The fraction of sp³-hybridized carbons (Fsp3) is 0.459. The standard InChI is InChI=1S/C37H50O4/c1-2-3-4-5-6-7-8-9-10-20-27-36(40-29-33-23-16-12-17-24-33)37(41-30-34-25-18-13-19-26-34)35(38)31-39-28-32-21-14-11-15-22-32/h11-27,35-38H,2-10,28-31H2,1H3/b27-20+/t35-,36-,37-/m1/s1. The Bertz CT molecular complexity index is 1040. The van der Waals surface area contributed by atoms with E-state index in [2.05, 4.69) is 31.2 Å². The van der Waals surface area contributed by atoms with Gasteiger partial charge in [-0.15, -0.1) is 0 Å². The van der Waals surface area contributed by atoms with Crippen LogP contribution in [0.3, 0.4) is 0 Å². The van der Waals surface area contributed by atoms with Gasteiger partial charge in [0.05, 0.1) is 26.4 Å². The first-order valence-corrected chi connectivity index (χ1v) is 15.5. The van der Waals surface area contributed by atoms with Gasteiger partial charge >= 0.3 is 0 Å². The number of unbranched alkanes of at least 4 members (excludes halogenated alkanes) is 8. The predicted octanol–water partition coefficient (Wildman–Crippen LogP) is 8.82. The second-order valence-electron chi connectivity index (χ2n) is 10.8. The Hall–Kier alpha value is -2.76. The van der Waals surface area contributed by atoms with Crippen molar-refractivity contribution in [2.45, 2.75) is 103 Å². The van der Waals surface area contributed by atoms with Gasteiger partial charge in [-0.2, -0.15) is 0 Å². The van der Waals surface area contributed by atoms with Crippen molar-refractivity contribution in [1.82, 2.24) is 0 Å². The summed E-state index contributed by atoms with van der Waals surface area (Å²) in [5, 5.41) is 11.3. The number of aliphatic hydroxyl groups excluding tert-OH is 1. The van der Waals surface area contributed by atoms with Crippen LogP contribution in [0.5, 0.6) is 0 Å². The molecule has 0 aliphatic rings. The van der Waals surface area contributed by atoms with Gasteiger partial charge in [0.2, 0.25) is 0 Å². The molecule has 0 saturated carbocycles. The molecule has 0 aromatic heterocycles. The lowest BCUT2D eigenvalue weighted by molar-refractivity contribution is -0.133. The molecule has 0 amide bonds. The minimum absolute atomic E-state index is 0.158. The SMILES string of the molecule is CCCCCCCCCC/C=C/[C@@H](OCc1ccccc1)[C@H](OCc1ccccc1)[C@H](O)COCc1ccccc1. The highest BCUT2D eigenvalue weighted by Gasteiger charge is 2.29. The molecule has 0 radical (unpaired) electrons. The number of benzene rings is 3. The van der Waals surface area contributed by atoms with Gasteiger partial charge < -0.3 is 19.3 Å². The molecular formula is C37H50O4. The smallest absolute Gasteiger partial charge is 0.116 e. The van der Waals surface area contributed by atoms with E-state index in [1.54, 1.807) is 0 Å². The van der Waals surface area contributed by atoms with Crippen molar-refractivity contribution >= 4 is 0 Å². The predicted molar refractivity (Wildman–Crippen MR) is 169 cm³/mol. The fourth-order valence-electron chi connectivity index (χ4n) is 4.81. The zero-order valence-electron chi connectivity index (χ0n) is 24.9. The van der Waals surface area contributed by atoms with E-state index in [-0.39, 0.29) is 6.61 Å². The zero-order chi connectivity index (χ0) is 28.8. The van der Waals surface area contributed by atoms with Gasteiger partial charge in [0.15, 0.2) is 0 Å². The summed E-state index contributed by atoms with van der Waals surface area (Å²) >= 11 is 0. The molecule has 1 N–H and O–H groups in total. The summed E-state index contributed by atoms with van der Waals surface area (Å²) in [6.45, 7) is 3.68. The normalized spacial score (nSPS) is 13.8. The van der Waals surface area contributed by atoms with Gasteiger partial charge in [0, 0.05) is 0 Å². The first-order valence-electron chi connectivity index (χ1n) is 15.5. The number of hydrogen-bond acceptors (Lipinski definition) is 4. The van der Waals surface area contributed by atoms with Crippen molar-refractivity contribution in [1.29, 1.82) is 0 Å². The second kappa shape index (κ2) is 21.0. The molecule has 3 atom stereocenters. The monoisotopic (exact) mass is 558 g/mol. The van der Waals surface area contributed by atoms with Crippen LogP contribution in [0.25, 0.3) is 0 Å². The lowest BCUT2D eigenvalue weighted by Crippen LogP contribution is -2.42. The maximum Gasteiger partial charge on any atom is 0.116 e. The Kier molecular flexibility index (Phi) is 16.8. The minimum Gasteiger partial charge on any atom is -0.388 e. The molecule has 0 fully saturated rings. The fourth-order valence-corrected chi connectivity index (χ4v) is 4.81. The minimum atomic E-state index is -0.851. The van der Waals surface area contributed by atoms with Crippen LogP contribution in [-0.4, -0.2) is 30.0 Å². The average molecular weight is 559 g/mol. The molecule has 0 aliphatic heterocycles. The van der Waals surface area contributed by atoms with Crippen molar-refractivity contribution in [2.75, 3.05) is 6.61 Å². The van der Waals surface area contributed by atoms with Crippen LogP contribution in [0.2, 0.25) is 0 Å². The zero-order valence-corrected chi connectivity index (χ0v) is 24.9. The van der Waals surface area contributed by atoms with Crippen LogP contribution in [0.4, 0.5) is 0 Å². The Balaban J connectivity index is 1.62. The lowest BCUT2D eigenvalue weighted by Gasteiger charge is -2.29. The highest BCUT2D eigenvalue weighted by Crippen LogP contribution is 2.18. The Morgan fingerprint density at radius 3 is 1.66 bits per heavy atom. The third-order valence-corrected chi connectivity index (χ3v) is 7.22. The molecule has 4 heteroatoms. The van der Waals surface area contributed by atoms with Gasteiger partial charge in [0.1, 0.15) is 18.3 Å². The Morgan fingerprint density at radius 1 is 0.610 bits per heavy atom. The highest BCUT2D eigenvalue weighted by atomic mass is 16.6. The van der Waals surface area contributed by atoms with E-state index in [4.69, 9.17) is 14.2 Å². The van der Waals surface area contributed by atoms with E-state index in [1.165, 1.54) is 44.9 Å². The summed E-state index contributed by atoms with van der Waals surface area (Å²) in [6.07, 6.45) is 13.8. The number of rotatable bonds is 22. The van der Waals surface area contributed by atoms with E-state index in [0.717, 1.165) is 29.5 Å². The van der Waals surface area contributed by atoms with E-state index in [0.29, 0.717) is 19.8 Å². The molecule has 0 aliphatic carbocycles. The number of hydrogen-bond donors (Lipinski definition) is 1. The van der Waals surface area contributed by atoms with E-state index in [1.807, 2.05) is 78.9 Å². The molecule has 4 nitrogen and oxygen atoms in total. The highest BCUT2D eigenvalue weighted by molar-refractivity contribution is 5.15. The summed E-state index contributed by atoms with van der Waals surface area (Å²) in [4.78, 5) is 0. The third kappa shape index (κ3) is 14.1. The maximum atomic E-state index is 11.3. The second-order valence-corrected chi connectivity index (χ2v) is 10.8. The van der Waals surface area contributed by atoms with E-state index >= 15 is 0 Å². The molecular weight excluding hydrogens is 508 g/mol. The molecule has 3 aromatic rings. The van der Waals surface area contributed by atoms with Crippen molar-refractivity contribution in [3.63, 3.8) is 0 Å². The summed E-state index contributed by atoms with van der Waals surface area (Å²) in [6, 6.07) is 30.2. The van der Waals surface area contributed by atoms with Crippen molar-refractivity contribution in [3.05, 3.63) is 120 Å². The van der Waals surface area contributed by atoms with Crippen molar-refractivity contribution in [3.8, 4) is 0 Å². The van der Waals surface area contributed by atoms with E-state index < -0.39 is 18.3 Å². The topological polar surface area (TPSA) is 47.9 Å². The molecule has 0 unspecified atom stereocenters. The summed E-state index contributed by atoms with van der Waals surface area (Å²) in [7, 11) is 0. The molecule has 0 bridgehead atoms. The van der Waals surface area contributed by atoms with E-state index in [9.17, 15) is 5.11 Å². The van der Waals surface area contributed by atoms with Crippen molar-refractivity contribution < 1.29 is 19.3 Å².